The van der Waals surface area contributed by atoms with Gasteiger partial charge in [0.2, 0.25) is 0 Å². The lowest BCUT2D eigenvalue weighted by atomic mass is 10.0. The van der Waals surface area contributed by atoms with E-state index in [0.29, 0.717) is 39.8 Å². The first kappa shape index (κ1) is 19.6. The van der Waals surface area contributed by atoms with Crippen LogP contribution >= 0.6 is 0 Å². The van der Waals surface area contributed by atoms with E-state index >= 15 is 0 Å². The van der Waals surface area contributed by atoms with Gasteiger partial charge >= 0.3 is 0 Å². The lowest BCUT2D eigenvalue weighted by Gasteiger charge is -2.13. The minimum Gasteiger partial charge on any atom is -0.493 e. The third-order valence-corrected chi connectivity index (χ3v) is 5.35. The maximum Gasteiger partial charge on any atom is 0.162 e. The summed E-state index contributed by atoms with van der Waals surface area (Å²) < 4.78 is 23.8. The molecular formula is C23H22N2O5. The number of pyridine rings is 1. The number of carbonyl (C=O) groups excluding carboxylic acids is 1. The first-order valence-electron chi connectivity index (χ1n) is 9.28. The van der Waals surface area contributed by atoms with Crippen molar-refractivity contribution in [3.05, 3.63) is 42.1 Å². The molecule has 7 nitrogen and oxygen atoms in total. The van der Waals surface area contributed by atoms with Crippen LogP contribution in [0, 0.1) is 0 Å². The van der Waals surface area contributed by atoms with Crippen LogP contribution in [-0.2, 0) is 7.05 Å². The molecule has 0 aliphatic heterocycles. The number of hydrogen-bond acceptors (Lipinski definition) is 6. The van der Waals surface area contributed by atoms with Crippen LogP contribution in [0.5, 0.6) is 23.0 Å². The van der Waals surface area contributed by atoms with Crippen LogP contribution in [0.1, 0.15) is 10.4 Å². The molecule has 0 N–H and O–H groups in total. The number of nitrogens with zero attached hydrogens (tertiary/aromatic N) is 2. The summed E-state index contributed by atoms with van der Waals surface area (Å²) in [7, 11) is 8.28. The van der Waals surface area contributed by atoms with Crippen molar-refractivity contribution >= 4 is 28.1 Å². The molecule has 0 bridgehead atoms. The fourth-order valence-corrected chi connectivity index (χ4v) is 3.89. The summed E-state index contributed by atoms with van der Waals surface area (Å²) in [6.07, 6.45) is 2.53. The van der Waals surface area contributed by atoms with E-state index in [0.717, 1.165) is 28.1 Å². The molecule has 0 unspecified atom stereocenters. The number of rotatable bonds is 6. The normalized spacial score (nSPS) is 11.0. The van der Waals surface area contributed by atoms with E-state index in [9.17, 15) is 4.79 Å². The zero-order valence-electron chi connectivity index (χ0n) is 17.5. The molecule has 0 spiro atoms. The van der Waals surface area contributed by atoms with Gasteiger partial charge in [-0.3, -0.25) is 9.78 Å². The summed E-state index contributed by atoms with van der Waals surface area (Å²) >= 11 is 0. The highest BCUT2D eigenvalue weighted by molar-refractivity contribution is 6.13. The van der Waals surface area contributed by atoms with Gasteiger partial charge in [-0.25, -0.2) is 0 Å². The molecule has 2 aromatic carbocycles. The van der Waals surface area contributed by atoms with Gasteiger partial charge in [0.05, 0.1) is 45.2 Å². The van der Waals surface area contributed by atoms with Crippen LogP contribution in [0.25, 0.3) is 33.1 Å². The van der Waals surface area contributed by atoms with Crippen molar-refractivity contribution in [1.82, 2.24) is 9.55 Å². The Morgan fingerprint density at radius 2 is 1.43 bits per heavy atom. The van der Waals surface area contributed by atoms with E-state index in [1.807, 2.05) is 29.8 Å². The fraction of sp³-hybridized carbons (Fsp3) is 0.217. The first-order valence-corrected chi connectivity index (χ1v) is 9.28. The van der Waals surface area contributed by atoms with Crippen molar-refractivity contribution < 1.29 is 23.7 Å². The van der Waals surface area contributed by atoms with Gasteiger partial charge in [-0.2, -0.15) is 0 Å². The minimum atomic E-state index is 0.466. The van der Waals surface area contributed by atoms with Crippen molar-refractivity contribution in [2.45, 2.75) is 0 Å². The second kappa shape index (κ2) is 7.59. The summed E-state index contributed by atoms with van der Waals surface area (Å²) in [4.78, 5) is 16.5. The van der Waals surface area contributed by atoms with Crippen LogP contribution in [-0.4, -0.2) is 44.3 Å². The molecule has 30 heavy (non-hydrogen) atoms. The molecule has 4 rings (SSSR count). The second-order valence-electron chi connectivity index (χ2n) is 6.75. The van der Waals surface area contributed by atoms with E-state index in [1.165, 1.54) is 7.11 Å². The molecule has 0 aliphatic rings. The third kappa shape index (κ3) is 2.82. The predicted molar refractivity (Wildman–Crippen MR) is 115 cm³/mol. The fourth-order valence-electron chi connectivity index (χ4n) is 3.89. The number of aldehydes is 1. The van der Waals surface area contributed by atoms with Crippen LogP contribution < -0.4 is 18.9 Å². The molecule has 0 saturated heterocycles. The van der Waals surface area contributed by atoms with Crippen molar-refractivity contribution in [1.29, 1.82) is 0 Å². The van der Waals surface area contributed by atoms with E-state index in [1.54, 1.807) is 39.7 Å². The van der Waals surface area contributed by atoms with Crippen LogP contribution in [0.3, 0.4) is 0 Å². The molecule has 7 heteroatoms. The SMILES string of the molecule is COc1cc(C=O)c(-c2nccc3c4cc(OC)c(OC)cc4n(C)c23)cc1OC. The van der Waals surface area contributed by atoms with Gasteiger partial charge < -0.3 is 23.5 Å². The predicted octanol–water partition coefficient (Wildman–Crippen LogP) is 4.24. The number of aromatic nitrogens is 2. The zero-order valence-corrected chi connectivity index (χ0v) is 17.5. The summed E-state index contributed by atoms with van der Waals surface area (Å²) in [6.45, 7) is 0. The number of aryl methyl sites for hydroxylation is 1. The van der Waals surface area contributed by atoms with Gasteiger partial charge in [-0.1, -0.05) is 0 Å². The summed E-state index contributed by atoms with van der Waals surface area (Å²) in [5.74, 6) is 2.31. The van der Waals surface area contributed by atoms with Crippen LogP contribution in [0.4, 0.5) is 0 Å². The third-order valence-electron chi connectivity index (χ3n) is 5.35. The second-order valence-corrected chi connectivity index (χ2v) is 6.75. The molecule has 2 heterocycles. The van der Waals surface area contributed by atoms with Gasteiger partial charge in [-0.05, 0) is 24.3 Å². The van der Waals surface area contributed by atoms with Crippen LogP contribution in [0.15, 0.2) is 36.5 Å². The Hall–Kier alpha value is -3.74. The maximum absolute atomic E-state index is 11.9. The van der Waals surface area contributed by atoms with Crippen molar-refractivity contribution in [3.63, 3.8) is 0 Å². The maximum atomic E-state index is 11.9. The average Bonchev–Trinajstić information content (AvgIpc) is 3.08. The van der Waals surface area contributed by atoms with E-state index in [-0.39, 0.29) is 0 Å². The lowest BCUT2D eigenvalue weighted by molar-refractivity contribution is 0.112. The summed E-state index contributed by atoms with van der Waals surface area (Å²) in [6, 6.07) is 9.29. The van der Waals surface area contributed by atoms with Crippen molar-refractivity contribution in [2.24, 2.45) is 7.05 Å². The number of carbonyl (C=O) groups is 1. The smallest absolute Gasteiger partial charge is 0.162 e. The molecule has 0 atom stereocenters. The standard InChI is InChI=1S/C23H22N2O5/c1-25-17-11-21(30-5)20(29-4)10-16(17)14-6-7-24-22(23(14)25)15-9-19(28-3)18(27-2)8-13(15)12-26/h6-12H,1-5H3. The summed E-state index contributed by atoms with van der Waals surface area (Å²) in [5, 5.41) is 1.99. The Bertz CT molecular complexity index is 1280. The Kier molecular flexibility index (Phi) is 4.95. The highest BCUT2D eigenvalue weighted by Gasteiger charge is 2.20. The van der Waals surface area contributed by atoms with Gasteiger partial charge in [0.15, 0.2) is 29.3 Å². The van der Waals surface area contributed by atoms with Crippen LogP contribution in [0.2, 0.25) is 0 Å². The Balaban J connectivity index is 2.10. The Morgan fingerprint density at radius 1 is 0.833 bits per heavy atom. The number of ether oxygens (including phenoxy) is 4. The zero-order chi connectivity index (χ0) is 21.4. The monoisotopic (exact) mass is 406 g/mol. The van der Waals surface area contributed by atoms with Gasteiger partial charge in [0.1, 0.15) is 0 Å². The van der Waals surface area contributed by atoms with Crippen molar-refractivity contribution in [2.75, 3.05) is 28.4 Å². The van der Waals surface area contributed by atoms with Gasteiger partial charge in [-0.15, -0.1) is 0 Å². The quantitative estimate of drug-likeness (QED) is 0.446. The van der Waals surface area contributed by atoms with Gasteiger partial charge in [0, 0.05) is 41.2 Å². The van der Waals surface area contributed by atoms with E-state index in [2.05, 4.69) is 4.98 Å². The molecule has 4 aromatic rings. The van der Waals surface area contributed by atoms with E-state index < -0.39 is 0 Å². The molecule has 2 aromatic heterocycles. The Morgan fingerprint density at radius 3 is 2.07 bits per heavy atom. The highest BCUT2D eigenvalue weighted by Crippen LogP contribution is 2.41. The number of fused-ring (bicyclic) bond motifs is 3. The lowest BCUT2D eigenvalue weighted by Crippen LogP contribution is -1.98. The average molecular weight is 406 g/mol. The van der Waals surface area contributed by atoms with Gasteiger partial charge in [0.25, 0.3) is 0 Å². The molecule has 0 aliphatic carbocycles. The molecule has 0 fully saturated rings. The topological polar surface area (TPSA) is 71.8 Å². The molecule has 0 radical (unpaired) electrons. The molecule has 0 amide bonds. The summed E-state index contributed by atoms with van der Waals surface area (Å²) in [5.41, 5.74) is 3.65. The van der Waals surface area contributed by atoms with Crippen molar-refractivity contribution in [3.8, 4) is 34.3 Å². The molecule has 154 valence electrons. The number of benzene rings is 2. The largest absolute Gasteiger partial charge is 0.493 e. The molecule has 0 saturated carbocycles. The molecular weight excluding hydrogens is 384 g/mol. The highest BCUT2D eigenvalue weighted by atomic mass is 16.5. The number of methoxy groups -OCH3 is 4. The number of hydrogen-bond donors (Lipinski definition) is 0. The minimum absolute atomic E-state index is 0.466. The Labute approximate surface area is 173 Å². The first-order chi connectivity index (χ1) is 14.6. The van der Waals surface area contributed by atoms with E-state index in [4.69, 9.17) is 18.9 Å².